The highest BCUT2D eigenvalue weighted by atomic mass is 16.5. The zero-order chi connectivity index (χ0) is 16.1. The Morgan fingerprint density at radius 2 is 2.41 bits per heavy atom. The van der Waals surface area contributed by atoms with Gasteiger partial charge in [-0.1, -0.05) is 17.0 Å². The molecule has 22 heavy (non-hydrogen) atoms. The first-order chi connectivity index (χ1) is 10.6. The second-order valence-electron chi connectivity index (χ2n) is 4.87. The molecule has 0 aliphatic heterocycles. The molecule has 0 amide bonds. The highest BCUT2D eigenvalue weighted by molar-refractivity contribution is 5.68. The summed E-state index contributed by atoms with van der Waals surface area (Å²) in [5, 5.41) is 18.4. The standard InChI is InChI=1S/C13H19N7O2/c1-8(20(2)19-16)17-13-10(7-21-11(15)5-6-14)12(22-18-13)9-3-4-9/h5-6,9,14,16H,1,3-4,7,15H2,2H3,(H,17,18). The van der Waals surface area contributed by atoms with E-state index in [9.17, 15) is 0 Å². The molecule has 0 radical (unpaired) electrons. The third-order valence-corrected chi connectivity index (χ3v) is 3.20. The number of anilines is 1. The van der Waals surface area contributed by atoms with Crippen molar-refractivity contribution in [1.29, 1.82) is 10.9 Å². The number of aromatic nitrogens is 1. The van der Waals surface area contributed by atoms with Crippen LogP contribution in [0.15, 0.2) is 34.1 Å². The lowest BCUT2D eigenvalue weighted by Gasteiger charge is -2.15. The highest BCUT2D eigenvalue weighted by Crippen LogP contribution is 2.43. The fraction of sp³-hybridized carbons (Fsp3) is 0.385. The molecule has 1 saturated carbocycles. The molecule has 1 heterocycles. The number of nitrogens with zero attached hydrogens (tertiary/aromatic N) is 3. The second-order valence-corrected chi connectivity index (χ2v) is 4.87. The molecular formula is C13H19N7O2. The van der Waals surface area contributed by atoms with Crippen LogP contribution in [0.4, 0.5) is 5.82 Å². The van der Waals surface area contributed by atoms with E-state index in [2.05, 4.69) is 22.3 Å². The van der Waals surface area contributed by atoms with Gasteiger partial charge in [0.15, 0.2) is 11.7 Å². The molecule has 0 bridgehead atoms. The van der Waals surface area contributed by atoms with E-state index in [4.69, 9.17) is 25.9 Å². The highest BCUT2D eigenvalue weighted by Gasteiger charge is 2.32. The van der Waals surface area contributed by atoms with Gasteiger partial charge < -0.3 is 25.7 Å². The first-order valence-corrected chi connectivity index (χ1v) is 6.71. The molecule has 118 valence electrons. The van der Waals surface area contributed by atoms with Crippen molar-refractivity contribution in [3.63, 3.8) is 0 Å². The fourth-order valence-electron chi connectivity index (χ4n) is 1.79. The van der Waals surface area contributed by atoms with Gasteiger partial charge in [-0.05, 0) is 12.8 Å². The first kappa shape index (κ1) is 15.5. The smallest absolute Gasteiger partial charge is 0.185 e. The molecule has 0 aromatic carbocycles. The SMILES string of the molecule is C=C(Nc1noc(C2CC2)c1COC(N)=CC=N)N(C)N=N. The van der Waals surface area contributed by atoms with Crippen molar-refractivity contribution in [2.75, 3.05) is 12.4 Å². The van der Waals surface area contributed by atoms with E-state index in [1.54, 1.807) is 7.05 Å². The van der Waals surface area contributed by atoms with Crippen LogP contribution in [0.1, 0.15) is 30.1 Å². The van der Waals surface area contributed by atoms with Crippen LogP contribution in [0.25, 0.3) is 0 Å². The van der Waals surface area contributed by atoms with Crippen LogP contribution in [0.5, 0.6) is 0 Å². The van der Waals surface area contributed by atoms with Crippen molar-refractivity contribution < 1.29 is 9.26 Å². The molecule has 1 aliphatic carbocycles. The fourth-order valence-corrected chi connectivity index (χ4v) is 1.79. The lowest BCUT2D eigenvalue weighted by atomic mass is 10.2. The van der Waals surface area contributed by atoms with Crippen LogP contribution in [-0.2, 0) is 11.3 Å². The van der Waals surface area contributed by atoms with Crippen LogP contribution in [0.3, 0.4) is 0 Å². The van der Waals surface area contributed by atoms with Crippen molar-refractivity contribution in [2.45, 2.75) is 25.4 Å². The lowest BCUT2D eigenvalue weighted by Crippen LogP contribution is -2.16. The Morgan fingerprint density at radius 1 is 1.68 bits per heavy atom. The molecule has 1 aliphatic rings. The summed E-state index contributed by atoms with van der Waals surface area (Å²) in [6, 6.07) is 0. The minimum Gasteiger partial charge on any atom is -0.474 e. The van der Waals surface area contributed by atoms with Gasteiger partial charge in [-0.25, -0.2) is 5.01 Å². The molecule has 9 nitrogen and oxygen atoms in total. The van der Waals surface area contributed by atoms with Crippen LogP contribution in [0.2, 0.25) is 0 Å². The Bertz CT molecular complexity index is 604. The van der Waals surface area contributed by atoms with Crippen LogP contribution < -0.4 is 11.1 Å². The van der Waals surface area contributed by atoms with E-state index in [0.717, 1.165) is 30.4 Å². The number of nitrogens with one attached hydrogen (secondary N) is 3. The van der Waals surface area contributed by atoms with Crippen molar-refractivity contribution in [1.82, 2.24) is 10.2 Å². The Hall–Kier alpha value is -2.84. The number of allylic oxidation sites excluding steroid dienone is 1. The summed E-state index contributed by atoms with van der Waals surface area (Å²) in [6.07, 6.45) is 4.51. The zero-order valence-electron chi connectivity index (χ0n) is 12.3. The summed E-state index contributed by atoms with van der Waals surface area (Å²) in [5.41, 5.74) is 13.3. The second kappa shape index (κ2) is 6.74. The maximum atomic E-state index is 6.96. The summed E-state index contributed by atoms with van der Waals surface area (Å²) in [7, 11) is 1.59. The Balaban J connectivity index is 2.15. The molecule has 0 unspecified atom stereocenters. The largest absolute Gasteiger partial charge is 0.474 e. The van der Waals surface area contributed by atoms with Gasteiger partial charge in [-0.3, -0.25) is 0 Å². The van der Waals surface area contributed by atoms with Gasteiger partial charge in [-0.2, -0.15) is 5.53 Å². The molecular weight excluding hydrogens is 286 g/mol. The number of nitrogens with two attached hydrogens (primary N) is 1. The number of rotatable bonds is 9. The van der Waals surface area contributed by atoms with E-state index < -0.39 is 0 Å². The minimum atomic E-state index is 0.140. The van der Waals surface area contributed by atoms with Gasteiger partial charge in [0.25, 0.3) is 0 Å². The van der Waals surface area contributed by atoms with Crippen molar-refractivity contribution >= 4 is 12.0 Å². The molecule has 0 spiro atoms. The van der Waals surface area contributed by atoms with Gasteiger partial charge in [0, 0.05) is 25.3 Å². The van der Waals surface area contributed by atoms with Crippen LogP contribution in [-0.4, -0.2) is 23.4 Å². The van der Waals surface area contributed by atoms with Gasteiger partial charge in [0.05, 0.1) is 5.56 Å². The number of ether oxygens (including phenoxy) is 1. The molecule has 9 heteroatoms. The molecule has 5 N–H and O–H groups in total. The van der Waals surface area contributed by atoms with Crippen LogP contribution >= 0.6 is 0 Å². The zero-order valence-corrected chi connectivity index (χ0v) is 12.3. The lowest BCUT2D eigenvalue weighted by molar-refractivity contribution is 0.195. The van der Waals surface area contributed by atoms with Crippen LogP contribution in [0, 0.1) is 10.9 Å². The Kier molecular flexibility index (Phi) is 4.77. The van der Waals surface area contributed by atoms with Gasteiger partial charge in [-0.15, -0.1) is 0 Å². The van der Waals surface area contributed by atoms with E-state index in [-0.39, 0.29) is 12.5 Å². The predicted molar refractivity (Wildman–Crippen MR) is 80.0 cm³/mol. The van der Waals surface area contributed by atoms with E-state index in [1.165, 1.54) is 11.1 Å². The normalized spacial score (nSPS) is 14.3. The summed E-state index contributed by atoms with van der Waals surface area (Å²) in [5.74, 6) is 2.10. The Morgan fingerprint density at radius 3 is 3.00 bits per heavy atom. The van der Waals surface area contributed by atoms with Crippen molar-refractivity contribution in [3.8, 4) is 0 Å². The van der Waals surface area contributed by atoms with Gasteiger partial charge in [0.1, 0.15) is 18.2 Å². The topological polar surface area (TPSA) is 137 Å². The molecule has 0 saturated heterocycles. The average Bonchev–Trinajstić information content (AvgIpc) is 3.27. The van der Waals surface area contributed by atoms with E-state index in [1.807, 2.05) is 0 Å². The van der Waals surface area contributed by atoms with E-state index in [0.29, 0.717) is 17.6 Å². The molecule has 1 aromatic heterocycles. The first-order valence-electron chi connectivity index (χ1n) is 6.71. The predicted octanol–water partition coefficient (Wildman–Crippen LogP) is 2.28. The molecule has 2 rings (SSSR count). The third kappa shape index (κ3) is 3.62. The quantitative estimate of drug-likeness (QED) is 0.239. The summed E-state index contributed by atoms with van der Waals surface area (Å²) in [4.78, 5) is 0. The maximum absolute atomic E-state index is 6.96. The molecule has 1 fully saturated rings. The summed E-state index contributed by atoms with van der Waals surface area (Å²) < 4.78 is 10.8. The van der Waals surface area contributed by atoms with E-state index >= 15 is 0 Å². The average molecular weight is 305 g/mol. The molecule has 0 atom stereocenters. The maximum Gasteiger partial charge on any atom is 0.185 e. The summed E-state index contributed by atoms with van der Waals surface area (Å²) >= 11 is 0. The van der Waals surface area contributed by atoms with Crippen molar-refractivity contribution in [2.24, 2.45) is 11.0 Å². The van der Waals surface area contributed by atoms with Gasteiger partial charge >= 0.3 is 0 Å². The minimum absolute atomic E-state index is 0.140. The number of hydrogen-bond acceptors (Lipinski definition) is 8. The summed E-state index contributed by atoms with van der Waals surface area (Å²) in [6.45, 7) is 3.94. The van der Waals surface area contributed by atoms with Crippen molar-refractivity contribution in [3.05, 3.63) is 35.7 Å². The van der Waals surface area contributed by atoms with Gasteiger partial charge in [0.2, 0.25) is 0 Å². The Labute approximate surface area is 127 Å². The number of hydrogen-bond donors (Lipinski definition) is 4. The molecule has 1 aromatic rings. The third-order valence-electron chi connectivity index (χ3n) is 3.20. The monoisotopic (exact) mass is 305 g/mol.